The van der Waals surface area contributed by atoms with Gasteiger partial charge in [-0.05, 0) is 39.2 Å². The van der Waals surface area contributed by atoms with E-state index in [0.29, 0.717) is 0 Å². The summed E-state index contributed by atoms with van der Waals surface area (Å²) >= 11 is 0. The van der Waals surface area contributed by atoms with Gasteiger partial charge in [-0.25, -0.2) is 0 Å². The van der Waals surface area contributed by atoms with Crippen LogP contribution in [0, 0.1) is 13.8 Å². The van der Waals surface area contributed by atoms with E-state index in [9.17, 15) is 0 Å². The third-order valence-corrected chi connectivity index (χ3v) is 2.56. The van der Waals surface area contributed by atoms with E-state index >= 15 is 0 Å². The average Bonchev–Trinajstić information content (AvgIpc) is 2.53. The molecule has 0 amide bonds. The predicted molar refractivity (Wildman–Crippen MR) is 62.3 cm³/mol. The molecule has 84 valence electrons. The lowest BCUT2D eigenvalue weighted by Crippen LogP contribution is -2.28. The van der Waals surface area contributed by atoms with Crippen LogP contribution in [0.1, 0.15) is 42.4 Å². The van der Waals surface area contributed by atoms with Crippen LogP contribution < -0.4 is 11.3 Å². The first-order valence-electron chi connectivity index (χ1n) is 5.33. The molecule has 15 heavy (non-hydrogen) atoms. The molecule has 0 aliphatic carbocycles. The highest BCUT2D eigenvalue weighted by atomic mass is 16.3. The van der Waals surface area contributed by atoms with Gasteiger partial charge in [0.15, 0.2) is 0 Å². The Hall–Kier alpha value is -1.06. The maximum absolute atomic E-state index is 5.55. The van der Waals surface area contributed by atoms with E-state index in [4.69, 9.17) is 10.3 Å². The van der Waals surface area contributed by atoms with Gasteiger partial charge in [0.2, 0.25) is 0 Å². The molecule has 1 aromatic rings. The number of hydrazine groups is 1. The largest absolute Gasteiger partial charge is 0.466 e. The number of nitrogens with one attached hydrogen (secondary N) is 1. The zero-order chi connectivity index (χ0) is 11.3. The SMILES string of the molecule is C=CCCCC(NN)c1cc(C)oc1C. The summed E-state index contributed by atoms with van der Waals surface area (Å²) in [6.45, 7) is 7.63. The minimum atomic E-state index is 0.183. The average molecular weight is 208 g/mol. The summed E-state index contributed by atoms with van der Waals surface area (Å²) in [6.07, 6.45) is 5.04. The van der Waals surface area contributed by atoms with Crippen molar-refractivity contribution in [2.24, 2.45) is 5.84 Å². The summed E-state index contributed by atoms with van der Waals surface area (Å²) in [4.78, 5) is 0. The fourth-order valence-electron chi connectivity index (χ4n) is 1.79. The van der Waals surface area contributed by atoms with Crippen LogP contribution >= 0.6 is 0 Å². The molecule has 3 heteroatoms. The summed E-state index contributed by atoms with van der Waals surface area (Å²) in [7, 11) is 0. The van der Waals surface area contributed by atoms with Gasteiger partial charge in [0.25, 0.3) is 0 Å². The summed E-state index contributed by atoms with van der Waals surface area (Å²) in [5, 5.41) is 0. The Morgan fingerprint density at radius 2 is 2.33 bits per heavy atom. The predicted octanol–water partition coefficient (Wildman–Crippen LogP) is 2.76. The third kappa shape index (κ3) is 3.22. The van der Waals surface area contributed by atoms with Crippen molar-refractivity contribution < 1.29 is 4.42 Å². The molecule has 0 spiro atoms. The van der Waals surface area contributed by atoms with Crippen molar-refractivity contribution in [2.75, 3.05) is 0 Å². The minimum Gasteiger partial charge on any atom is -0.466 e. The van der Waals surface area contributed by atoms with Crippen LogP contribution in [0.5, 0.6) is 0 Å². The van der Waals surface area contributed by atoms with Crippen molar-refractivity contribution >= 4 is 0 Å². The summed E-state index contributed by atoms with van der Waals surface area (Å²) in [6, 6.07) is 2.23. The quantitative estimate of drug-likeness (QED) is 0.327. The molecule has 0 aliphatic rings. The molecule has 1 rings (SSSR count). The van der Waals surface area contributed by atoms with Crippen LogP contribution in [0.4, 0.5) is 0 Å². The second-order valence-corrected chi connectivity index (χ2v) is 3.81. The number of aryl methyl sites for hydroxylation is 2. The summed E-state index contributed by atoms with van der Waals surface area (Å²) < 4.78 is 5.49. The Morgan fingerprint density at radius 3 is 2.80 bits per heavy atom. The van der Waals surface area contributed by atoms with Crippen LogP contribution in [-0.2, 0) is 0 Å². The van der Waals surface area contributed by atoms with Gasteiger partial charge < -0.3 is 4.42 Å². The third-order valence-electron chi connectivity index (χ3n) is 2.56. The number of furan rings is 1. The lowest BCUT2D eigenvalue weighted by atomic mass is 10.0. The molecule has 0 saturated carbocycles. The molecule has 0 saturated heterocycles. The highest BCUT2D eigenvalue weighted by molar-refractivity contribution is 5.23. The van der Waals surface area contributed by atoms with Gasteiger partial charge >= 0.3 is 0 Å². The Labute approximate surface area is 91.3 Å². The highest BCUT2D eigenvalue weighted by Gasteiger charge is 2.14. The molecular weight excluding hydrogens is 188 g/mol. The van der Waals surface area contributed by atoms with Gasteiger partial charge in [0.1, 0.15) is 11.5 Å². The molecule has 3 N–H and O–H groups in total. The molecular formula is C12H20N2O. The standard InChI is InChI=1S/C12H20N2O/c1-4-5-6-7-12(14-13)11-8-9(2)15-10(11)3/h4,8,12,14H,1,5-7,13H2,2-3H3. The van der Waals surface area contributed by atoms with E-state index in [-0.39, 0.29) is 6.04 Å². The van der Waals surface area contributed by atoms with Gasteiger partial charge in [-0.15, -0.1) is 6.58 Å². The molecule has 1 heterocycles. The molecule has 3 nitrogen and oxygen atoms in total. The molecule has 1 atom stereocenters. The number of rotatable bonds is 6. The van der Waals surface area contributed by atoms with Gasteiger partial charge in [-0.2, -0.15) is 0 Å². The molecule has 0 bridgehead atoms. The smallest absolute Gasteiger partial charge is 0.105 e. The monoisotopic (exact) mass is 208 g/mol. The van der Waals surface area contributed by atoms with Gasteiger partial charge in [0.05, 0.1) is 0 Å². The van der Waals surface area contributed by atoms with Crippen molar-refractivity contribution in [3.63, 3.8) is 0 Å². The maximum atomic E-state index is 5.55. The summed E-state index contributed by atoms with van der Waals surface area (Å²) in [5.74, 6) is 7.44. The van der Waals surface area contributed by atoms with Crippen LogP contribution in [0.15, 0.2) is 23.1 Å². The number of nitrogens with two attached hydrogens (primary N) is 1. The molecule has 0 radical (unpaired) electrons. The topological polar surface area (TPSA) is 51.2 Å². The first-order valence-corrected chi connectivity index (χ1v) is 5.33. The summed E-state index contributed by atoms with van der Waals surface area (Å²) in [5.41, 5.74) is 4.00. The molecule has 1 unspecified atom stereocenters. The fourth-order valence-corrected chi connectivity index (χ4v) is 1.79. The Kier molecular flexibility index (Phi) is 4.59. The molecule has 0 aliphatic heterocycles. The van der Waals surface area contributed by atoms with Crippen LogP contribution in [0.2, 0.25) is 0 Å². The lowest BCUT2D eigenvalue weighted by molar-refractivity contribution is 0.468. The molecule has 1 aromatic heterocycles. The molecule has 0 fully saturated rings. The Bertz CT molecular complexity index is 317. The fraction of sp³-hybridized carbons (Fsp3) is 0.500. The van der Waals surface area contributed by atoms with Crippen LogP contribution in [-0.4, -0.2) is 0 Å². The first-order chi connectivity index (χ1) is 7.19. The molecule has 0 aromatic carbocycles. The van der Waals surface area contributed by atoms with Crippen molar-refractivity contribution in [3.8, 4) is 0 Å². The van der Waals surface area contributed by atoms with Gasteiger partial charge in [-0.3, -0.25) is 11.3 Å². The van der Waals surface area contributed by atoms with Gasteiger partial charge in [0, 0.05) is 11.6 Å². The number of allylic oxidation sites excluding steroid dienone is 1. The Morgan fingerprint density at radius 1 is 1.60 bits per heavy atom. The zero-order valence-electron chi connectivity index (χ0n) is 9.55. The number of hydrogen-bond acceptors (Lipinski definition) is 3. The van der Waals surface area contributed by atoms with Crippen molar-refractivity contribution in [3.05, 3.63) is 35.8 Å². The Balaban J connectivity index is 2.65. The zero-order valence-corrected chi connectivity index (χ0v) is 9.55. The minimum absolute atomic E-state index is 0.183. The van der Waals surface area contributed by atoms with Crippen molar-refractivity contribution in [1.29, 1.82) is 0 Å². The highest BCUT2D eigenvalue weighted by Crippen LogP contribution is 2.24. The van der Waals surface area contributed by atoms with E-state index in [2.05, 4.69) is 12.0 Å². The van der Waals surface area contributed by atoms with Crippen LogP contribution in [0.25, 0.3) is 0 Å². The van der Waals surface area contributed by atoms with Crippen molar-refractivity contribution in [1.82, 2.24) is 5.43 Å². The second-order valence-electron chi connectivity index (χ2n) is 3.81. The second kappa shape index (κ2) is 5.73. The van der Waals surface area contributed by atoms with E-state index in [1.807, 2.05) is 26.0 Å². The lowest BCUT2D eigenvalue weighted by Gasteiger charge is -2.14. The van der Waals surface area contributed by atoms with E-state index in [0.717, 1.165) is 30.8 Å². The van der Waals surface area contributed by atoms with E-state index in [1.165, 1.54) is 5.56 Å². The number of unbranched alkanes of at least 4 members (excludes halogenated alkanes) is 1. The van der Waals surface area contributed by atoms with Crippen molar-refractivity contribution in [2.45, 2.75) is 39.2 Å². The van der Waals surface area contributed by atoms with Gasteiger partial charge in [-0.1, -0.05) is 6.08 Å². The maximum Gasteiger partial charge on any atom is 0.105 e. The van der Waals surface area contributed by atoms with E-state index in [1.54, 1.807) is 0 Å². The van der Waals surface area contributed by atoms with E-state index < -0.39 is 0 Å². The first kappa shape index (κ1) is 12.0. The normalized spacial score (nSPS) is 12.7. The van der Waals surface area contributed by atoms with Crippen LogP contribution in [0.3, 0.4) is 0 Å². The number of hydrogen-bond donors (Lipinski definition) is 2.